The van der Waals surface area contributed by atoms with Gasteiger partial charge in [-0.3, -0.25) is 14.4 Å². The zero-order valence-electron chi connectivity index (χ0n) is 22.6. The number of aromatic hydroxyl groups is 2. The Kier molecular flexibility index (Phi) is 8.57. The highest BCUT2D eigenvalue weighted by atomic mass is 16.7. The summed E-state index contributed by atoms with van der Waals surface area (Å²) < 4.78 is 17.0. The molecule has 8 N–H and O–H groups in total. The molecule has 15 nitrogen and oxygen atoms in total. The van der Waals surface area contributed by atoms with Gasteiger partial charge in [-0.1, -0.05) is 12.1 Å². The number of carbonyl (C=O) groups excluding carboxylic acids is 3. The highest BCUT2D eigenvalue weighted by Crippen LogP contribution is 2.52. The summed E-state index contributed by atoms with van der Waals surface area (Å²) in [7, 11) is 1.32. The summed E-state index contributed by atoms with van der Waals surface area (Å²) in [5.74, 6) is -3.77. The van der Waals surface area contributed by atoms with E-state index in [2.05, 4.69) is 0 Å². The lowest BCUT2D eigenvalue weighted by atomic mass is 9.72. The lowest BCUT2D eigenvalue weighted by Gasteiger charge is -2.42. The molecule has 1 fully saturated rings. The molecule has 15 heteroatoms. The summed E-state index contributed by atoms with van der Waals surface area (Å²) in [6.07, 6.45) is -5.12. The maximum Gasteiger partial charge on any atom is 0.202 e. The van der Waals surface area contributed by atoms with Gasteiger partial charge in [-0.15, -0.1) is 5.53 Å². The quantitative estimate of drug-likeness (QED) is 0.0950. The summed E-state index contributed by atoms with van der Waals surface area (Å²) in [5.41, 5.74) is 14.6. The number of aliphatic hydroxyl groups is 3. The second kappa shape index (κ2) is 11.7. The van der Waals surface area contributed by atoms with Gasteiger partial charge in [0, 0.05) is 42.0 Å². The lowest BCUT2D eigenvalue weighted by molar-refractivity contribution is -0.247. The molecule has 0 radical (unpaired) electrons. The standard InChI is InChI=1S/C27H29NO11.HN3/c1-10-22(31)13(28)6-17(38-10)39-15-8-27(36,16(30)9-29)7-12-19(15)26(35)21-20(24(12)33)23(32)11-4-3-5-14(37-2)18(11)25(21)34;1-3-2/h3-5,10,13,15,17,22,29,31,33,35-36H,6-9,28H2,1-2H3;1H/t10-,13-,15-,17-,22+,27-;/m0./s1. The highest BCUT2D eigenvalue weighted by molar-refractivity contribution is 6.31. The zero-order valence-corrected chi connectivity index (χ0v) is 22.6. The van der Waals surface area contributed by atoms with E-state index in [1.54, 1.807) is 11.8 Å². The molecule has 5 rings (SSSR count). The van der Waals surface area contributed by atoms with Crippen molar-refractivity contribution < 1.29 is 54.1 Å². The summed E-state index contributed by atoms with van der Waals surface area (Å²) >= 11 is 0. The van der Waals surface area contributed by atoms with Crippen molar-refractivity contribution in [2.75, 3.05) is 13.7 Å². The van der Waals surface area contributed by atoms with E-state index in [9.17, 15) is 39.9 Å². The number of nitrogens with two attached hydrogens (primary N) is 1. The molecule has 2 aliphatic carbocycles. The monoisotopic (exact) mass is 586 g/mol. The predicted octanol–water partition coefficient (Wildman–Crippen LogP) is 0.877. The Labute approximate surface area is 238 Å². The van der Waals surface area contributed by atoms with Crippen LogP contribution in [0.4, 0.5) is 0 Å². The number of nitrogens with one attached hydrogen (secondary N) is 1. The highest BCUT2D eigenvalue weighted by Gasteiger charge is 2.50. The Bertz CT molecular complexity index is 1480. The molecule has 1 aliphatic heterocycles. The normalized spacial score (nSPS) is 27.9. The number of benzene rings is 2. The molecule has 0 aromatic heterocycles. The molecular weight excluding hydrogens is 556 g/mol. The fourth-order valence-electron chi connectivity index (χ4n) is 5.75. The fraction of sp³-hybridized carbons (Fsp3) is 0.444. The van der Waals surface area contributed by atoms with Crippen molar-refractivity contribution in [3.05, 3.63) is 62.0 Å². The topological polar surface area (TPSA) is 266 Å². The fourth-order valence-corrected chi connectivity index (χ4v) is 5.75. The van der Waals surface area contributed by atoms with Crippen LogP contribution in [0, 0.1) is 5.53 Å². The summed E-state index contributed by atoms with van der Waals surface area (Å²) in [6, 6.07) is 3.64. The Morgan fingerprint density at radius 1 is 1.21 bits per heavy atom. The van der Waals surface area contributed by atoms with E-state index in [1.165, 1.54) is 25.3 Å². The molecule has 6 atom stereocenters. The van der Waals surface area contributed by atoms with Gasteiger partial charge in [0.05, 0.1) is 42.1 Å². The van der Waals surface area contributed by atoms with Gasteiger partial charge in [0.2, 0.25) is 5.78 Å². The number of fused-ring (bicyclic) bond motifs is 3. The van der Waals surface area contributed by atoms with Gasteiger partial charge in [0.1, 0.15) is 29.5 Å². The number of phenolic OH excluding ortho intramolecular Hbond substituents is 2. The van der Waals surface area contributed by atoms with Gasteiger partial charge >= 0.3 is 0 Å². The third-order valence-electron chi connectivity index (χ3n) is 7.81. The van der Waals surface area contributed by atoms with Crippen LogP contribution >= 0.6 is 0 Å². The third kappa shape index (κ3) is 4.97. The van der Waals surface area contributed by atoms with Gasteiger partial charge < -0.3 is 45.5 Å². The zero-order chi connectivity index (χ0) is 31.1. The molecule has 1 saturated heterocycles. The minimum absolute atomic E-state index is 0.0173. The molecule has 224 valence electrons. The van der Waals surface area contributed by atoms with Crippen LogP contribution in [0.5, 0.6) is 17.2 Å². The largest absolute Gasteiger partial charge is 0.507 e. The average molecular weight is 587 g/mol. The van der Waals surface area contributed by atoms with Gasteiger partial charge in [-0.25, -0.2) is 0 Å². The SMILES string of the molecule is COc1cccc2c1C(=O)c1c(O)c3c(c(O)c1C2=O)C[C@@](O)(C(=O)CO)C[C@@H]3O[C@H]1C[C@H](N)[C@H](O)[C@H](C)O1.[N-]=[N+]=N. The van der Waals surface area contributed by atoms with Crippen LogP contribution in [0.15, 0.2) is 18.2 Å². The van der Waals surface area contributed by atoms with Crippen molar-refractivity contribution >= 4 is 17.3 Å². The predicted molar refractivity (Wildman–Crippen MR) is 141 cm³/mol. The smallest absolute Gasteiger partial charge is 0.202 e. The van der Waals surface area contributed by atoms with Crippen molar-refractivity contribution in [2.24, 2.45) is 5.73 Å². The van der Waals surface area contributed by atoms with Crippen molar-refractivity contribution in [1.29, 1.82) is 5.53 Å². The number of ketones is 3. The Hall–Kier alpha value is -4.08. The van der Waals surface area contributed by atoms with Crippen LogP contribution in [0.25, 0.3) is 10.4 Å². The van der Waals surface area contributed by atoms with Gasteiger partial charge in [-0.05, 0) is 23.4 Å². The maximum absolute atomic E-state index is 13.6. The number of Topliss-reactive ketones (excluding diaryl/α,β-unsaturated/α-hetero) is 1. The number of aliphatic hydroxyl groups excluding tert-OH is 2. The van der Waals surface area contributed by atoms with Crippen molar-refractivity contribution in [2.45, 2.75) is 62.4 Å². The Balaban J connectivity index is 0.00000129. The van der Waals surface area contributed by atoms with E-state index >= 15 is 0 Å². The number of hydrogen-bond donors (Lipinski definition) is 7. The molecule has 0 saturated carbocycles. The van der Waals surface area contributed by atoms with Crippen LogP contribution in [-0.4, -0.2) is 86.7 Å². The molecule has 3 aliphatic rings. The van der Waals surface area contributed by atoms with Crippen molar-refractivity contribution in [3.63, 3.8) is 0 Å². The number of hydrogen-bond acceptors (Lipinski definition) is 13. The maximum atomic E-state index is 13.6. The first-order chi connectivity index (χ1) is 19.8. The summed E-state index contributed by atoms with van der Waals surface area (Å²) in [6.45, 7) is 0.560. The van der Waals surface area contributed by atoms with Gasteiger partial charge in [0.15, 0.2) is 17.9 Å². The Morgan fingerprint density at radius 2 is 1.86 bits per heavy atom. The number of methoxy groups -OCH3 is 1. The van der Waals surface area contributed by atoms with E-state index in [-0.39, 0.29) is 34.4 Å². The molecular formula is C27H30N4O11. The molecule has 2 aromatic carbocycles. The van der Waals surface area contributed by atoms with Crippen LogP contribution in [0.2, 0.25) is 0 Å². The lowest BCUT2D eigenvalue weighted by Crippen LogP contribution is -2.53. The second-order valence-corrected chi connectivity index (χ2v) is 10.3. The first kappa shape index (κ1) is 30.9. The van der Waals surface area contributed by atoms with E-state index in [1.807, 2.05) is 0 Å². The van der Waals surface area contributed by atoms with Crippen LogP contribution in [0.3, 0.4) is 0 Å². The third-order valence-corrected chi connectivity index (χ3v) is 7.81. The average Bonchev–Trinajstić information content (AvgIpc) is 2.95. The van der Waals surface area contributed by atoms with E-state index in [0.29, 0.717) is 0 Å². The summed E-state index contributed by atoms with van der Waals surface area (Å²) in [4.78, 5) is 41.5. The van der Waals surface area contributed by atoms with Crippen LogP contribution < -0.4 is 10.5 Å². The first-order valence-corrected chi connectivity index (χ1v) is 12.8. The van der Waals surface area contributed by atoms with Crippen molar-refractivity contribution in [1.82, 2.24) is 0 Å². The molecule has 0 amide bonds. The van der Waals surface area contributed by atoms with Gasteiger partial charge in [-0.2, -0.15) is 0 Å². The number of carbonyl (C=O) groups is 3. The second-order valence-electron chi connectivity index (χ2n) is 10.3. The minimum atomic E-state index is -2.24. The minimum Gasteiger partial charge on any atom is -0.507 e. The molecule has 0 spiro atoms. The molecule has 42 heavy (non-hydrogen) atoms. The molecule has 2 aromatic rings. The van der Waals surface area contributed by atoms with Gasteiger partial charge in [0.25, 0.3) is 0 Å². The van der Waals surface area contributed by atoms with E-state index in [0.717, 1.165) is 0 Å². The van der Waals surface area contributed by atoms with E-state index < -0.39 is 95.7 Å². The van der Waals surface area contributed by atoms with E-state index in [4.69, 9.17) is 31.0 Å². The molecule has 0 bridgehead atoms. The number of phenols is 2. The number of ether oxygens (including phenoxy) is 3. The molecule has 1 heterocycles. The summed E-state index contributed by atoms with van der Waals surface area (Å²) in [5, 5.41) is 53.7. The number of rotatable bonds is 5. The Morgan fingerprint density at radius 3 is 2.45 bits per heavy atom. The van der Waals surface area contributed by atoms with Crippen molar-refractivity contribution in [3.8, 4) is 17.2 Å². The van der Waals surface area contributed by atoms with Crippen LogP contribution in [0.1, 0.15) is 68.8 Å². The van der Waals surface area contributed by atoms with Crippen LogP contribution in [-0.2, 0) is 20.7 Å². The molecule has 0 unspecified atom stereocenters. The first-order valence-electron chi connectivity index (χ1n) is 12.8. The number of nitrogens with zero attached hydrogens (tertiary/aromatic N) is 2.